The van der Waals surface area contributed by atoms with E-state index in [0.29, 0.717) is 13.0 Å². The van der Waals surface area contributed by atoms with Crippen molar-refractivity contribution in [1.82, 2.24) is 5.32 Å². The summed E-state index contributed by atoms with van der Waals surface area (Å²) >= 11 is 0. The summed E-state index contributed by atoms with van der Waals surface area (Å²) in [5, 5.41) is 34.1. The zero-order chi connectivity index (χ0) is 14.5. The summed E-state index contributed by atoms with van der Waals surface area (Å²) in [6.45, 7) is 1.65. The number of carbonyl (C=O) groups excluding carboxylic acids is 1. The average molecular weight is 274 g/mol. The Hall–Kier alpha value is -1.38. The van der Waals surface area contributed by atoms with Crippen LogP contribution in [0, 0.1) is 0 Å². The normalized spacial score (nSPS) is 33.8. The Morgan fingerprint density at radius 3 is 2.74 bits per heavy atom. The number of amides is 1. The van der Waals surface area contributed by atoms with E-state index in [1.807, 2.05) is 6.92 Å². The number of aliphatic hydroxyl groups excluding tert-OH is 3. The van der Waals surface area contributed by atoms with E-state index in [4.69, 9.17) is 15.4 Å². The number of nitrogens with zero attached hydrogens (tertiary/aromatic N) is 3. The van der Waals surface area contributed by atoms with Crippen LogP contribution in [-0.2, 0) is 9.53 Å². The molecule has 108 valence electrons. The number of nitrogens with one attached hydrogen (secondary N) is 1. The quantitative estimate of drug-likeness (QED) is 0.213. The van der Waals surface area contributed by atoms with Gasteiger partial charge in [0.1, 0.15) is 18.3 Å². The van der Waals surface area contributed by atoms with Gasteiger partial charge in [0.2, 0.25) is 0 Å². The smallest absolute Gasteiger partial charge is 0.261 e. The number of azide groups is 1. The highest BCUT2D eigenvalue weighted by molar-refractivity contribution is 5.86. The number of unbranched alkanes of at least 4 members (excludes halogenated alkanes) is 1. The standard InChI is InChI=1S/C10H18N4O5/c1-2-3-4-12-9(18)10(13-14-11)8(17)7(16)6(5-15)19-10/h6-8,15-17H,2-5H2,1H3,(H,12,18)/t6-,7-,8+,10-/m1/s1. The molecular formula is C10H18N4O5. The lowest BCUT2D eigenvalue weighted by molar-refractivity contribution is -0.154. The van der Waals surface area contributed by atoms with Gasteiger partial charge in [0.05, 0.1) is 6.61 Å². The summed E-state index contributed by atoms with van der Waals surface area (Å²) in [6.07, 6.45) is -2.87. The summed E-state index contributed by atoms with van der Waals surface area (Å²) in [4.78, 5) is 14.5. The minimum atomic E-state index is -2.24. The zero-order valence-electron chi connectivity index (χ0n) is 10.6. The Morgan fingerprint density at radius 2 is 2.26 bits per heavy atom. The molecule has 0 aromatic heterocycles. The van der Waals surface area contributed by atoms with Gasteiger partial charge >= 0.3 is 0 Å². The van der Waals surface area contributed by atoms with Gasteiger partial charge in [0.15, 0.2) is 0 Å². The summed E-state index contributed by atoms with van der Waals surface area (Å²) < 4.78 is 5.07. The number of ether oxygens (including phenoxy) is 1. The van der Waals surface area contributed by atoms with E-state index in [2.05, 4.69) is 15.3 Å². The summed E-state index contributed by atoms with van der Waals surface area (Å²) in [5.41, 5.74) is 6.28. The minimum Gasteiger partial charge on any atom is -0.394 e. The predicted molar refractivity (Wildman–Crippen MR) is 63.8 cm³/mol. The molecule has 1 rings (SSSR count). The van der Waals surface area contributed by atoms with Crippen LogP contribution in [0.5, 0.6) is 0 Å². The largest absolute Gasteiger partial charge is 0.394 e. The lowest BCUT2D eigenvalue weighted by Crippen LogP contribution is -2.53. The third-order valence-corrected chi connectivity index (χ3v) is 2.95. The fourth-order valence-corrected chi connectivity index (χ4v) is 1.84. The number of aliphatic hydroxyl groups is 3. The molecule has 0 aromatic carbocycles. The lowest BCUT2D eigenvalue weighted by atomic mass is 10.0. The van der Waals surface area contributed by atoms with E-state index in [9.17, 15) is 15.0 Å². The first kappa shape index (κ1) is 15.7. The molecule has 1 aliphatic rings. The fraction of sp³-hybridized carbons (Fsp3) is 0.900. The SMILES string of the molecule is CCCCNC(=O)[C@]1(N=[N+]=[N-])O[C@H](CO)[C@@H](O)[C@@H]1O. The molecule has 0 saturated carbocycles. The van der Waals surface area contributed by atoms with Gasteiger partial charge in [0, 0.05) is 11.5 Å². The number of rotatable bonds is 6. The highest BCUT2D eigenvalue weighted by atomic mass is 16.6. The Balaban J connectivity index is 2.92. The van der Waals surface area contributed by atoms with Gasteiger partial charge in [-0.25, -0.2) is 0 Å². The van der Waals surface area contributed by atoms with Crippen molar-refractivity contribution in [3.63, 3.8) is 0 Å². The Kier molecular flexibility index (Phi) is 5.52. The Morgan fingerprint density at radius 1 is 1.58 bits per heavy atom. The van der Waals surface area contributed by atoms with E-state index >= 15 is 0 Å². The van der Waals surface area contributed by atoms with Gasteiger partial charge in [-0.1, -0.05) is 13.3 Å². The van der Waals surface area contributed by atoms with Crippen molar-refractivity contribution in [2.24, 2.45) is 5.11 Å². The molecule has 1 aliphatic heterocycles. The Bertz CT molecular complexity index is 373. The van der Waals surface area contributed by atoms with Crippen molar-refractivity contribution in [3.05, 3.63) is 10.4 Å². The number of hydrogen-bond donors (Lipinski definition) is 4. The third-order valence-electron chi connectivity index (χ3n) is 2.95. The van der Waals surface area contributed by atoms with Crippen LogP contribution in [0.25, 0.3) is 10.4 Å². The van der Waals surface area contributed by atoms with E-state index in [1.165, 1.54) is 0 Å². The average Bonchev–Trinajstić information content (AvgIpc) is 2.65. The van der Waals surface area contributed by atoms with Crippen LogP contribution in [0.1, 0.15) is 19.8 Å². The fourth-order valence-electron chi connectivity index (χ4n) is 1.84. The van der Waals surface area contributed by atoms with Crippen LogP contribution in [0.2, 0.25) is 0 Å². The van der Waals surface area contributed by atoms with Crippen molar-refractivity contribution in [2.75, 3.05) is 13.2 Å². The maximum absolute atomic E-state index is 12.0. The second-order valence-electron chi connectivity index (χ2n) is 4.27. The number of hydrogen-bond acceptors (Lipinski definition) is 6. The molecule has 0 aromatic rings. The minimum absolute atomic E-state index is 0.327. The highest BCUT2D eigenvalue weighted by Gasteiger charge is 2.58. The highest BCUT2D eigenvalue weighted by Crippen LogP contribution is 2.33. The molecule has 9 nitrogen and oxygen atoms in total. The van der Waals surface area contributed by atoms with Crippen LogP contribution in [-0.4, -0.2) is 58.4 Å². The van der Waals surface area contributed by atoms with Crippen LogP contribution in [0.4, 0.5) is 0 Å². The van der Waals surface area contributed by atoms with Crippen LogP contribution < -0.4 is 5.32 Å². The van der Waals surface area contributed by atoms with Gasteiger partial charge in [-0.15, -0.1) is 0 Å². The molecule has 19 heavy (non-hydrogen) atoms. The molecule has 4 atom stereocenters. The van der Waals surface area contributed by atoms with Crippen molar-refractivity contribution in [3.8, 4) is 0 Å². The molecular weight excluding hydrogens is 256 g/mol. The van der Waals surface area contributed by atoms with Gasteiger partial charge in [-0.2, -0.15) is 0 Å². The predicted octanol–water partition coefficient (Wildman–Crippen LogP) is -0.978. The second kappa shape index (κ2) is 6.69. The molecule has 0 spiro atoms. The number of carbonyl (C=O) groups is 1. The molecule has 1 heterocycles. The van der Waals surface area contributed by atoms with Crippen LogP contribution in [0.15, 0.2) is 5.11 Å². The molecule has 9 heteroatoms. The molecule has 1 amide bonds. The van der Waals surface area contributed by atoms with Gasteiger partial charge in [-0.3, -0.25) is 4.79 Å². The topological polar surface area (TPSA) is 148 Å². The van der Waals surface area contributed by atoms with Crippen LogP contribution >= 0.6 is 0 Å². The van der Waals surface area contributed by atoms with Crippen molar-refractivity contribution < 1.29 is 24.9 Å². The summed E-state index contributed by atoms with van der Waals surface area (Å²) in [5.74, 6) is -0.832. The monoisotopic (exact) mass is 274 g/mol. The van der Waals surface area contributed by atoms with E-state index in [1.54, 1.807) is 0 Å². The maximum Gasteiger partial charge on any atom is 0.261 e. The van der Waals surface area contributed by atoms with Crippen molar-refractivity contribution in [2.45, 2.75) is 43.8 Å². The molecule has 0 bridgehead atoms. The second-order valence-corrected chi connectivity index (χ2v) is 4.27. The first-order valence-corrected chi connectivity index (χ1v) is 6.02. The lowest BCUT2D eigenvalue weighted by Gasteiger charge is -2.25. The molecule has 0 aliphatic carbocycles. The maximum atomic E-state index is 12.0. The molecule has 4 N–H and O–H groups in total. The Labute approximate surface area is 109 Å². The molecule has 0 radical (unpaired) electrons. The van der Waals surface area contributed by atoms with Crippen molar-refractivity contribution in [1.29, 1.82) is 0 Å². The third kappa shape index (κ3) is 2.96. The summed E-state index contributed by atoms with van der Waals surface area (Å²) in [7, 11) is 0. The van der Waals surface area contributed by atoms with Gasteiger partial charge in [0.25, 0.3) is 11.6 Å². The van der Waals surface area contributed by atoms with Crippen molar-refractivity contribution >= 4 is 5.91 Å². The van der Waals surface area contributed by atoms with Crippen LogP contribution in [0.3, 0.4) is 0 Å². The first-order valence-electron chi connectivity index (χ1n) is 6.02. The van der Waals surface area contributed by atoms with E-state index < -0.39 is 36.6 Å². The molecule has 1 fully saturated rings. The zero-order valence-corrected chi connectivity index (χ0v) is 10.6. The van der Waals surface area contributed by atoms with E-state index in [0.717, 1.165) is 6.42 Å². The van der Waals surface area contributed by atoms with Gasteiger partial charge < -0.3 is 25.4 Å². The van der Waals surface area contributed by atoms with E-state index in [-0.39, 0.29) is 0 Å². The first-order chi connectivity index (χ1) is 9.03. The molecule has 0 unspecified atom stereocenters. The summed E-state index contributed by atoms with van der Waals surface area (Å²) in [6, 6.07) is 0. The molecule has 1 saturated heterocycles. The van der Waals surface area contributed by atoms with Gasteiger partial charge in [-0.05, 0) is 17.1 Å².